The first-order valence-corrected chi connectivity index (χ1v) is 12.3. The van der Waals surface area contributed by atoms with E-state index in [-0.39, 0.29) is 13.0 Å². The second-order valence-electron chi connectivity index (χ2n) is 8.60. The van der Waals surface area contributed by atoms with E-state index in [1.54, 1.807) is 13.0 Å². The Morgan fingerprint density at radius 1 is 0.946 bits per heavy atom. The molecule has 0 aliphatic heterocycles. The largest absolute Gasteiger partial charge is 0.481 e. The quantitative estimate of drug-likeness (QED) is 0.231. The zero-order valence-electron chi connectivity index (χ0n) is 20.4. The van der Waals surface area contributed by atoms with Gasteiger partial charge in [-0.05, 0) is 48.1 Å². The van der Waals surface area contributed by atoms with Crippen molar-refractivity contribution in [1.29, 1.82) is 0 Å². The first kappa shape index (κ1) is 26.0. The number of carboxylic acid groups (broad SMARTS) is 1. The van der Waals surface area contributed by atoms with Crippen LogP contribution in [0.5, 0.6) is 0 Å². The minimum absolute atomic E-state index is 0.168. The van der Waals surface area contributed by atoms with Crippen molar-refractivity contribution in [3.63, 3.8) is 0 Å². The zero-order chi connectivity index (χ0) is 26.2. The van der Waals surface area contributed by atoms with Gasteiger partial charge in [0.05, 0.1) is 6.61 Å². The maximum absolute atomic E-state index is 12.4. The normalized spacial score (nSPS) is 10.8. The molecule has 0 unspecified atom stereocenters. The SMILES string of the molecule is Cc1noc(-c2ccc(-c3ccc(CCCC(=O)O)cc3)cc2)c1NC(=O)OCCc1ccccc1Cl. The highest BCUT2D eigenvalue weighted by Gasteiger charge is 2.18. The van der Waals surface area contributed by atoms with Crippen molar-refractivity contribution in [2.75, 3.05) is 11.9 Å². The molecule has 3 aromatic carbocycles. The maximum atomic E-state index is 12.4. The maximum Gasteiger partial charge on any atom is 0.411 e. The Labute approximate surface area is 220 Å². The predicted molar refractivity (Wildman–Crippen MR) is 143 cm³/mol. The molecule has 1 amide bonds. The number of hydrogen-bond acceptors (Lipinski definition) is 5. The molecule has 0 atom stereocenters. The van der Waals surface area contributed by atoms with Gasteiger partial charge in [-0.15, -0.1) is 0 Å². The molecule has 0 saturated carbocycles. The van der Waals surface area contributed by atoms with Crippen LogP contribution >= 0.6 is 11.6 Å². The van der Waals surface area contributed by atoms with Crippen molar-refractivity contribution in [3.8, 4) is 22.5 Å². The molecule has 1 aromatic heterocycles. The van der Waals surface area contributed by atoms with E-state index in [2.05, 4.69) is 10.5 Å². The first-order chi connectivity index (χ1) is 17.9. The number of carbonyl (C=O) groups excluding carboxylic acids is 1. The van der Waals surface area contributed by atoms with Gasteiger partial charge in [-0.3, -0.25) is 10.1 Å². The summed E-state index contributed by atoms with van der Waals surface area (Å²) in [4.78, 5) is 23.1. The molecular weight excluding hydrogens is 492 g/mol. The van der Waals surface area contributed by atoms with E-state index >= 15 is 0 Å². The highest BCUT2D eigenvalue weighted by Crippen LogP contribution is 2.32. The van der Waals surface area contributed by atoms with Gasteiger partial charge in [-0.1, -0.05) is 83.5 Å². The molecule has 0 aliphatic carbocycles. The minimum Gasteiger partial charge on any atom is -0.481 e. The lowest BCUT2D eigenvalue weighted by Crippen LogP contribution is -2.16. The summed E-state index contributed by atoms with van der Waals surface area (Å²) >= 11 is 6.15. The average Bonchev–Trinajstić information content (AvgIpc) is 3.25. The third-order valence-corrected chi connectivity index (χ3v) is 6.31. The second-order valence-corrected chi connectivity index (χ2v) is 9.00. The fraction of sp³-hybridized carbons (Fsp3) is 0.207. The molecule has 0 fully saturated rings. The average molecular weight is 519 g/mol. The van der Waals surface area contributed by atoms with E-state index < -0.39 is 12.1 Å². The predicted octanol–water partition coefficient (Wildman–Crippen LogP) is 7.17. The molecule has 190 valence electrons. The third kappa shape index (κ3) is 6.98. The number of anilines is 1. The summed E-state index contributed by atoms with van der Waals surface area (Å²) in [6, 6.07) is 23.3. The number of ether oxygens (including phenoxy) is 1. The fourth-order valence-corrected chi connectivity index (χ4v) is 4.16. The van der Waals surface area contributed by atoms with Crippen LogP contribution in [-0.4, -0.2) is 28.9 Å². The number of aliphatic carboxylic acids is 1. The van der Waals surface area contributed by atoms with E-state index in [9.17, 15) is 9.59 Å². The highest BCUT2D eigenvalue weighted by molar-refractivity contribution is 6.31. The van der Waals surface area contributed by atoms with Crippen LogP contribution in [0, 0.1) is 6.92 Å². The summed E-state index contributed by atoms with van der Waals surface area (Å²) in [6.45, 7) is 1.93. The van der Waals surface area contributed by atoms with Gasteiger partial charge in [-0.25, -0.2) is 4.79 Å². The van der Waals surface area contributed by atoms with Gasteiger partial charge < -0.3 is 14.4 Å². The number of nitrogens with one attached hydrogen (secondary N) is 1. The molecule has 0 radical (unpaired) electrons. The number of hydrogen-bond donors (Lipinski definition) is 2. The number of amides is 1. The van der Waals surface area contributed by atoms with Crippen LogP contribution in [0.2, 0.25) is 5.02 Å². The number of rotatable bonds is 10. The number of aromatic nitrogens is 1. The van der Waals surface area contributed by atoms with Gasteiger partial charge in [0.15, 0.2) is 5.76 Å². The standard InChI is InChI=1S/C29H27ClN2O5/c1-19-27(31-29(35)36-18-17-23-6-2-3-7-25(23)30)28(37-32-19)24-15-13-22(14-16-24)21-11-9-20(10-12-21)5-4-8-26(33)34/h2-3,6-7,9-16H,4-5,8,17-18H2,1H3,(H,31,35)(H,33,34). The van der Waals surface area contributed by atoms with Crippen LogP contribution < -0.4 is 5.32 Å². The molecule has 1 heterocycles. The van der Waals surface area contributed by atoms with E-state index in [4.69, 9.17) is 26.0 Å². The number of nitrogens with zero attached hydrogens (tertiary/aromatic N) is 1. The molecule has 4 rings (SSSR count). The second kappa shape index (κ2) is 12.2. The topological polar surface area (TPSA) is 102 Å². The van der Waals surface area contributed by atoms with Crippen molar-refractivity contribution in [2.24, 2.45) is 0 Å². The minimum atomic E-state index is -0.776. The van der Waals surface area contributed by atoms with Gasteiger partial charge in [0.2, 0.25) is 0 Å². The van der Waals surface area contributed by atoms with Crippen LogP contribution in [0.3, 0.4) is 0 Å². The number of halogens is 1. The Morgan fingerprint density at radius 3 is 2.27 bits per heavy atom. The van der Waals surface area contributed by atoms with Crippen LogP contribution in [0.15, 0.2) is 77.3 Å². The number of aryl methyl sites for hydroxylation is 2. The lowest BCUT2D eigenvalue weighted by Gasteiger charge is -2.09. The van der Waals surface area contributed by atoms with Crippen LogP contribution in [0.1, 0.15) is 29.7 Å². The lowest BCUT2D eigenvalue weighted by atomic mass is 10.00. The molecular formula is C29H27ClN2O5. The fourth-order valence-electron chi connectivity index (χ4n) is 3.93. The number of carboxylic acids is 1. The summed E-state index contributed by atoms with van der Waals surface area (Å²) in [5.74, 6) is -0.330. The Hall–Kier alpha value is -4.10. The lowest BCUT2D eigenvalue weighted by molar-refractivity contribution is -0.137. The molecule has 37 heavy (non-hydrogen) atoms. The van der Waals surface area contributed by atoms with E-state index in [0.717, 1.165) is 34.2 Å². The van der Waals surface area contributed by atoms with Crippen molar-refractivity contribution < 1.29 is 24.0 Å². The van der Waals surface area contributed by atoms with E-state index in [1.165, 1.54) is 0 Å². The van der Waals surface area contributed by atoms with Crippen LogP contribution in [0.4, 0.5) is 10.5 Å². The molecule has 4 aromatic rings. The molecule has 0 spiro atoms. The Morgan fingerprint density at radius 2 is 1.59 bits per heavy atom. The third-order valence-electron chi connectivity index (χ3n) is 5.94. The summed E-state index contributed by atoms with van der Waals surface area (Å²) in [6.07, 6.45) is 1.42. The van der Waals surface area contributed by atoms with Gasteiger partial charge in [0, 0.05) is 23.4 Å². The van der Waals surface area contributed by atoms with Crippen LogP contribution in [0.25, 0.3) is 22.5 Å². The molecule has 8 heteroatoms. The highest BCUT2D eigenvalue weighted by atomic mass is 35.5. The van der Waals surface area contributed by atoms with Gasteiger partial charge in [0.1, 0.15) is 11.4 Å². The van der Waals surface area contributed by atoms with Gasteiger partial charge >= 0.3 is 12.1 Å². The van der Waals surface area contributed by atoms with Crippen molar-refractivity contribution in [2.45, 2.75) is 32.6 Å². The summed E-state index contributed by atoms with van der Waals surface area (Å²) < 4.78 is 10.8. The molecule has 0 saturated heterocycles. The Bertz CT molecular complexity index is 1360. The first-order valence-electron chi connectivity index (χ1n) is 12.0. The molecule has 2 N–H and O–H groups in total. The summed E-state index contributed by atoms with van der Waals surface area (Å²) in [7, 11) is 0. The monoisotopic (exact) mass is 518 g/mol. The molecule has 0 bridgehead atoms. The molecule has 7 nitrogen and oxygen atoms in total. The van der Waals surface area contributed by atoms with E-state index in [1.807, 2.05) is 66.7 Å². The van der Waals surface area contributed by atoms with E-state index in [0.29, 0.717) is 35.0 Å². The Kier molecular flexibility index (Phi) is 8.59. The summed E-state index contributed by atoms with van der Waals surface area (Å²) in [5, 5.41) is 16.2. The van der Waals surface area contributed by atoms with Crippen molar-refractivity contribution in [3.05, 3.63) is 94.6 Å². The van der Waals surface area contributed by atoms with Gasteiger partial charge in [-0.2, -0.15) is 0 Å². The number of benzene rings is 3. The van der Waals surface area contributed by atoms with Crippen molar-refractivity contribution in [1.82, 2.24) is 5.16 Å². The summed E-state index contributed by atoms with van der Waals surface area (Å²) in [5.41, 5.74) is 5.84. The zero-order valence-corrected chi connectivity index (χ0v) is 21.1. The Balaban J connectivity index is 1.38. The van der Waals surface area contributed by atoms with Gasteiger partial charge in [0.25, 0.3) is 0 Å². The van der Waals surface area contributed by atoms with Crippen molar-refractivity contribution >= 4 is 29.4 Å². The smallest absolute Gasteiger partial charge is 0.411 e. The van der Waals surface area contributed by atoms with Crippen LogP contribution in [-0.2, 0) is 22.4 Å². The molecule has 0 aliphatic rings. The number of carbonyl (C=O) groups is 2.